The molecule has 3 aromatic carbocycles. The zero-order valence-electron chi connectivity index (χ0n) is 16.7. The molecule has 158 valence electrons. The zero-order chi connectivity index (χ0) is 22.1. The van der Waals surface area contributed by atoms with Gasteiger partial charge in [0.15, 0.2) is 5.17 Å². The summed E-state index contributed by atoms with van der Waals surface area (Å²) in [6.45, 7) is 0. The molecule has 1 atom stereocenters. The second kappa shape index (κ2) is 8.39. The monoisotopic (exact) mass is 444 g/mol. The van der Waals surface area contributed by atoms with Gasteiger partial charge in [0.2, 0.25) is 5.91 Å². The van der Waals surface area contributed by atoms with Gasteiger partial charge in [-0.05, 0) is 29.8 Å². The van der Waals surface area contributed by atoms with E-state index in [0.717, 1.165) is 11.1 Å². The van der Waals surface area contributed by atoms with Crippen molar-refractivity contribution >= 4 is 46.0 Å². The second-order valence-electron chi connectivity index (χ2n) is 7.19. The molecular formula is C24H17FN4O2S. The Balaban J connectivity index is 1.44. The normalized spacial score (nSPS) is 16.7. The molecule has 0 spiro atoms. The number of hydrogen-bond acceptors (Lipinski definition) is 5. The van der Waals surface area contributed by atoms with Crippen LogP contribution in [0.15, 0.2) is 88.8 Å². The van der Waals surface area contributed by atoms with Crippen LogP contribution in [0.4, 0.5) is 15.8 Å². The fourth-order valence-electron chi connectivity index (χ4n) is 3.67. The van der Waals surface area contributed by atoms with Gasteiger partial charge >= 0.3 is 0 Å². The number of halogens is 1. The van der Waals surface area contributed by atoms with Crippen LogP contribution in [0, 0.1) is 5.82 Å². The highest BCUT2D eigenvalue weighted by Gasteiger charge is 2.42. The van der Waals surface area contributed by atoms with Gasteiger partial charge in [-0.1, -0.05) is 66.4 Å². The van der Waals surface area contributed by atoms with Crippen molar-refractivity contribution < 1.29 is 14.0 Å². The summed E-state index contributed by atoms with van der Waals surface area (Å²) >= 11 is 1.18. The molecule has 0 aromatic heterocycles. The van der Waals surface area contributed by atoms with E-state index in [2.05, 4.69) is 10.3 Å². The summed E-state index contributed by atoms with van der Waals surface area (Å²) in [6.07, 6.45) is 0. The summed E-state index contributed by atoms with van der Waals surface area (Å²) in [6, 6.07) is 22.1. The first-order valence-electron chi connectivity index (χ1n) is 9.94. The highest BCUT2D eigenvalue weighted by molar-refractivity contribution is 8.14. The lowest BCUT2D eigenvalue weighted by Crippen LogP contribution is -2.39. The number of thioether (sulfide) groups is 1. The minimum atomic E-state index is -0.652. The van der Waals surface area contributed by atoms with E-state index in [-0.39, 0.29) is 23.3 Å². The smallest absolute Gasteiger partial charge is 0.275 e. The van der Waals surface area contributed by atoms with Crippen LogP contribution >= 0.6 is 11.8 Å². The Morgan fingerprint density at radius 2 is 1.69 bits per heavy atom. The summed E-state index contributed by atoms with van der Waals surface area (Å²) in [5.41, 5.74) is 2.36. The lowest BCUT2D eigenvalue weighted by atomic mass is 10.0. The molecule has 1 unspecified atom stereocenters. The fourth-order valence-corrected chi connectivity index (χ4v) is 4.49. The minimum absolute atomic E-state index is 0.00514. The minimum Gasteiger partial charge on any atom is -0.323 e. The topological polar surface area (TPSA) is 74.1 Å². The number of benzene rings is 3. The SMILES string of the molecule is O=C(CSC1=Nc2ccccc2C2=NC(=O)C(c3ccccc3)N12)Nc1ccccc1F. The quantitative estimate of drug-likeness (QED) is 0.642. The molecule has 0 saturated carbocycles. The average Bonchev–Trinajstić information content (AvgIpc) is 3.17. The maximum Gasteiger partial charge on any atom is 0.275 e. The first-order valence-corrected chi connectivity index (χ1v) is 10.9. The maximum atomic E-state index is 13.9. The Morgan fingerprint density at radius 1 is 0.969 bits per heavy atom. The number of para-hydroxylation sites is 2. The highest BCUT2D eigenvalue weighted by Crippen LogP contribution is 2.39. The number of amides is 2. The van der Waals surface area contributed by atoms with Crippen LogP contribution in [0.25, 0.3) is 0 Å². The lowest BCUT2D eigenvalue weighted by Gasteiger charge is -2.31. The molecule has 1 N–H and O–H groups in total. The van der Waals surface area contributed by atoms with E-state index in [4.69, 9.17) is 4.99 Å². The largest absolute Gasteiger partial charge is 0.323 e. The van der Waals surface area contributed by atoms with E-state index >= 15 is 0 Å². The van der Waals surface area contributed by atoms with Crippen molar-refractivity contribution in [1.82, 2.24) is 4.90 Å². The van der Waals surface area contributed by atoms with Crippen LogP contribution in [0.3, 0.4) is 0 Å². The third-order valence-electron chi connectivity index (χ3n) is 5.10. The Bertz CT molecular complexity index is 1280. The van der Waals surface area contributed by atoms with Crippen LogP contribution in [0.5, 0.6) is 0 Å². The van der Waals surface area contributed by atoms with Gasteiger partial charge in [-0.2, -0.15) is 4.99 Å². The Morgan fingerprint density at radius 3 is 2.50 bits per heavy atom. The fraction of sp³-hybridized carbons (Fsp3) is 0.0833. The first kappa shape index (κ1) is 20.1. The standard InChI is InChI=1S/C24H17FN4O2S/c25-17-11-5-7-13-19(17)26-20(30)14-32-24-27-18-12-6-4-10-16(18)22-28-23(31)21(29(22)24)15-8-2-1-3-9-15/h1-13,21H,14H2,(H,26,30). The van der Waals surface area contributed by atoms with E-state index < -0.39 is 11.9 Å². The van der Waals surface area contributed by atoms with Gasteiger partial charge in [0.25, 0.3) is 5.91 Å². The molecule has 2 aliphatic heterocycles. The van der Waals surface area contributed by atoms with E-state index in [9.17, 15) is 14.0 Å². The molecule has 2 heterocycles. The summed E-state index contributed by atoms with van der Waals surface area (Å²) in [4.78, 5) is 36.2. The molecule has 32 heavy (non-hydrogen) atoms. The molecule has 8 heteroatoms. The maximum absolute atomic E-state index is 13.9. The van der Waals surface area contributed by atoms with Crippen molar-refractivity contribution in [2.24, 2.45) is 9.98 Å². The van der Waals surface area contributed by atoms with Crippen LogP contribution in [-0.4, -0.2) is 33.5 Å². The van der Waals surface area contributed by atoms with Crippen molar-refractivity contribution in [1.29, 1.82) is 0 Å². The Hall–Kier alpha value is -3.78. The van der Waals surface area contributed by atoms with Gasteiger partial charge in [0.05, 0.1) is 17.1 Å². The zero-order valence-corrected chi connectivity index (χ0v) is 17.6. The second-order valence-corrected chi connectivity index (χ2v) is 8.13. The van der Waals surface area contributed by atoms with Gasteiger partial charge < -0.3 is 5.32 Å². The molecule has 0 aliphatic carbocycles. The molecule has 3 aromatic rings. The number of nitrogens with zero attached hydrogens (tertiary/aromatic N) is 3. The van der Waals surface area contributed by atoms with Gasteiger partial charge in [-0.3, -0.25) is 14.5 Å². The molecular weight excluding hydrogens is 427 g/mol. The van der Waals surface area contributed by atoms with Crippen LogP contribution in [0.2, 0.25) is 0 Å². The number of anilines is 1. The highest BCUT2D eigenvalue weighted by atomic mass is 32.2. The molecule has 0 saturated heterocycles. The number of amidine groups is 2. The van der Waals surface area contributed by atoms with Gasteiger partial charge in [-0.25, -0.2) is 9.38 Å². The molecule has 0 radical (unpaired) electrons. The van der Waals surface area contributed by atoms with Crippen LogP contribution < -0.4 is 5.32 Å². The van der Waals surface area contributed by atoms with E-state index in [1.165, 1.54) is 23.9 Å². The average molecular weight is 444 g/mol. The number of carbonyl (C=O) groups is 2. The number of nitrogens with one attached hydrogen (secondary N) is 1. The van der Waals surface area contributed by atoms with Crippen molar-refractivity contribution in [3.05, 3.63) is 95.8 Å². The summed E-state index contributed by atoms with van der Waals surface area (Å²) in [5, 5.41) is 3.07. The lowest BCUT2D eigenvalue weighted by molar-refractivity contribution is -0.119. The predicted octanol–water partition coefficient (Wildman–Crippen LogP) is 4.53. The van der Waals surface area contributed by atoms with Gasteiger partial charge in [0.1, 0.15) is 17.7 Å². The third kappa shape index (κ3) is 3.69. The molecule has 6 nitrogen and oxygen atoms in total. The summed E-state index contributed by atoms with van der Waals surface area (Å²) in [5.74, 6) is -0.645. The van der Waals surface area contributed by atoms with Gasteiger partial charge in [-0.15, -0.1) is 0 Å². The van der Waals surface area contributed by atoms with Crippen LogP contribution in [-0.2, 0) is 9.59 Å². The number of rotatable bonds is 4. The Labute approximate surface area is 187 Å². The molecule has 2 aliphatic rings. The summed E-state index contributed by atoms with van der Waals surface area (Å²) < 4.78 is 13.9. The molecule has 5 rings (SSSR count). The summed E-state index contributed by atoms with van der Waals surface area (Å²) in [7, 11) is 0. The molecule has 0 bridgehead atoms. The van der Waals surface area contributed by atoms with Gasteiger partial charge in [0, 0.05) is 5.56 Å². The third-order valence-corrected chi connectivity index (χ3v) is 6.05. The predicted molar refractivity (Wildman–Crippen MR) is 124 cm³/mol. The van der Waals surface area contributed by atoms with Crippen molar-refractivity contribution in [3.8, 4) is 0 Å². The van der Waals surface area contributed by atoms with Crippen molar-refractivity contribution in [3.63, 3.8) is 0 Å². The number of hydrogen-bond donors (Lipinski definition) is 1. The van der Waals surface area contributed by atoms with E-state index in [1.54, 1.807) is 17.0 Å². The number of fused-ring (bicyclic) bond motifs is 3. The van der Waals surface area contributed by atoms with Crippen molar-refractivity contribution in [2.45, 2.75) is 6.04 Å². The van der Waals surface area contributed by atoms with E-state index in [1.807, 2.05) is 54.6 Å². The Kier molecular flexibility index (Phi) is 5.28. The van der Waals surface area contributed by atoms with Crippen LogP contribution in [0.1, 0.15) is 17.2 Å². The molecule has 0 fully saturated rings. The number of carbonyl (C=O) groups excluding carboxylic acids is 2. The van der Waals surface area contributed by atoms with Crippen molar-refractivity contribution in [2.75, 3.05) is 11.1 Å². The van der Waals surface area contributed by atoms with E-state index in [0.29, 0.717) is 16.7 Å². The molecule has 2 amide bonds. The number of aliphatic imine (C=N–C) groups is 2. The first-order chi connectivity index (χ1) is 15.6.